The quantitative estimate of drug-likeness (QED) is 0.442. The summed E-state index contributed by atoms with van der Waals surface area (Å²) in [5.74, 6) is 0. The maximum Gasteiger partial charge on any atom is 0.149 e. The Morgan fingerprint density at radius 1 is 1.75 bits per heavy atom. The van der Waals surface area contributed by atoms with Crippen LogP contribution in [-0.2, 0) is 0 Å². The maximum atomic E-state index is 5.45. The number of rotatable bonds is 2. The van der Waals surface area contributed by atoms with E-state index in [1.54, 1.807) is 6.26 Å². The molecule has 0 N–H and O–H groups in total. The molecule has 0 saturated carbocycles. The minimum absolute atomic E-state index is 0.610. The van der Waals surface area contributed by atoms with Crippen molar-refractivity contribution in [1.29, 1.82) is 0 Å². The zero-order chi connectivity index (χ0) is 5.82. The van der Waals surface area contributed by atoms with Gasteiger partial charge in [-0.3, -0.25) is 0 Å². The first-order valence-corrected chi connectivity index (χ1v) is 4.01. The molecular weight excluding hydrogens is 140 g/mol. The van der Waals surface area contributed by atoms with Crippen LogP contribution >= 0.6 is 11.6 Å². The topological polar surface area (TPSA) is 13.1 Å². The van der Waals surface area contributed by atoms with Gasteiger partial charge >= 0.3 is 0 Å². The molecule has 0 saturated heterocycles. The van der Waals surface area contributed by atoms with Crippen molar-refractivity contribution >= 4 is 26.5 Å². The molecule has 2 radical (unpaired) electrons. The molecule has 0 spiro atoms. The Morgan fingerprint density at radius 3 is 3.12 bits per heavy atom. The van der Waals surface area contributed by atoms with Crippen LogP contribution in [-0.4, -0.2) is 15.0 Å². The maximum absolute atomic E-state index is 5.45. The Kier molecular flexibility index (Phi) is 2.18. The second-order valence-electron chi connectivity index (χ2n) is 1.29. The molecule has 0 bridgehead atoms. The number of hydrogen-bond acceptors (Lipinski definition) is 1. The zero-order valence-electron chi connectivity index (χ0n) is 4.23. The highest BCUT2D eigenvalue weighted by molar-refractivity contribution is 6.61. The van der Waals surface area contributed by atoms with Crippen molar-refractivity contribution in [3.05, 3.63) is 18.4 Å². The molecule has 1 aromatic heterocycles. The normalized spacial score (nSPS) is 9.62. The van der Waals surface area contributed by atoms with Crippen molar-refractivity contribution in [1.82, 2.24) is 0 Å². The first-order chi connectivity index (χ1) is 3.93. The summed E-state index contributed by atoms with van der Waals surface area (Å²) >= 11 is 5.45. The summed E-state index contributed by atoms with van der Waals surface area (Å²) in [7, 11) is 0.610. The van der Waals surface area contributed by atoms with E-state index in [1.807, 2.05) is 12.1 Å². The molecule has 0 amide bonds. The van der Waals surface area contributed by atoms with E-state index in [1.165, 1.54) is 0 Å². The van der Waals surface area contributed by atoms with Gasteiger partial charge in [0.2, 0.25) is 0 Å². The molecule has 0 fully saturated rings. The summed E-state index contributed by atoms with van der Waals surface area (Å²) in [5, 5.41) is 0.986. The van der Waals surface area contributed by atoms with E-state index >= 15 is 0 Å². The van der Waals surface area contributed by atoms with E-state index in [0.29, 0.717) is 15.0 Å². The van der Waals surface area contributed by atoms with Crippen LogP contribution in [0.25, 0.3) is 0 Å². The lowest BCUT2D eigenvalue weighted by Gasteiger charge is -1.82. The molecular formula is C5H5ClOSi. The molecule has 0 atom stereocenters. The monoisotopic (exact) mass is 144 g/mol. The van der Waals surface area contributed by atoms with Gasteiger partial charge in [0, 0.05) is 5.50 Å². The summed E-state index contributed by atoms with van der Waals surface area (Å²) in [6.07, 6.45) is 1.66. The summed E-state index contributed by atoms with van der Waals surface area (Å²) in [6.45, 7) is 0. The summed E-state index contributed by atoms with van der Waals surface area (Å²) < 4.78 is 5.00. The molecule has 0 aliphatic rings. The number of hydrogen-bond donors (Lipinski definition) is 0. The van der Waals surface area contributed by atoms with Gasteiger partial charge in [-0.1, -0.05) is 0 Å². The second kappa shape index (κ2) is 2.94. The zero-order valence-corrected chi connectivity index (χ0v) is 5.98. The molecule has 0 unspecified atom stereocenters. The van der Waals surface area contributed by atoms with E-state index in [0.717, 1.165) is 5.38 Å². The molecule has 1 nitrogen and oxygen atoms in total. The van der Waals surface area contributed by atoms with Crippen LogP contribution in [0.4, 0.5) is 0 Å². The van der Waals surface area contributed by atoms with Crippen molar-refractivity contribution in [2.24, 2.45) is 0 Å². The molecule has 1 heterocycles. The second-order valence-corrected chi connectivity index (χ2v) is 3.20. The summed E-state index contributed by atoms with van der Waals surface area (Å²) in [4.78, 5) is 0. The molecule has 0 aliphatic carbocycles. The lowest BCUT2D eigenvalue weighted by Crippen LogP contribution is -2.11. The first-order valence-electron chi connectivity index (χ1n) is 2.27. The number of halogens is 1. The minimum Gasteiger partial charge on any atom is -0.475 e. The van der Waals surface area contributed by atoms with Gasteiger partial charge in [-0.25, -0.2) is 0 Å². The van der Waals surface area contributed by atoms with Crippen LogP contribution < -0.4 is 5.38 Å². The third-order valence-electron chi connectivity index (χ3n) is 0.762. The lowest BCUT2D eigenvalue weighted by molar-refractivity contribution is 0.601. The van der Waals surface area contributed by atoms with Crippen molar-refractivity contribution in [2.45, 2.75) is 0 Å². The third-order valence-corrected chi connectivity index (χ3v) is 1.93. The Hall–Kier alpha value is -0.213. The largest absolute Gasteiger partial charge is 0.475 e. The average molecular weight is 145 g/mol. The Balaban J connectivity index is 2.50. The fraction of sp³-hybridized carbons (Fsp3) is 0.200. The van der Waals surface area contributed by atoms with Crippen LogP contribution in [0.15, 0.2) is 22.8 Å². The van der Waals surface area contributed by atoms with E-state index < -0.39 is 0 Å². The highest BCUT2D eigenvalue weighted by Gasteiger charge is 1.92. The van der Waals surface area contributed by atoms with Crippen molar-refractivity contribution in [3.8, 4) is 0 Å². The smallest absolute Gasteiger partial charge is 0.149 e. The molecule has 3 heteroatoms. The summed E-state index contributed by atoms with van der Waals surface area (Å²) in [5.41, 5.74) is 0.660. The van der Waals surface area contributed by atoms with Crippen molar-refractivity contribution in [2.75, 3.05) is 5.50 Å². The molecule has 8 heavy (non-hydrogen) atoms. The van der Waals surface area contributed by atoms with Crippen LogP contribution in [0.3, 0.4) is 0 Å². The van der Waals surface area contributed by atoms with E-state index in [-0.39, 0.29) is 0 Å². The predicted octanol–water partition coefficient (Wildman–Crippen LogP) is 0.805. The van der Waals surface area contributed by atoms with E-state index in [4.69, 9.17) is 16.0 Å². The van der Waals surface area contributed by atoms with Gasteiger partial charge in [-0.15, -0.1) is 11.6 Å². The molecule has 1 aromatic rings. The highest BCUT2D eigenvalue weighted by Crippen LogP contribution is 1.81. The third kappa shape index (κ3) is 1.38. The van der Waals surface area contributed by atoms with Crippen LogP contribution in [0.1, 0.15) is 0 Å². The standard InChI is InChI=1S/C5H5ClOSi/c6-4-8-5-2-1-3-7-5/h1-3H,4H2. The Labute approximate surface area is 55.5 Å². The van der Waals surface area contributed by atoms with Gasteiger partial charge in [0.1, 0.15) is 9.52 Å². The molecule has 1 rings (SSSR count). The molecule has 42 valence electrons. The lowest BCUT2D eigenvalue weighted by atomic mass is 10.7. The SMILES string of the molecule is ClC[Si]c1ccco1. The van der Waals surface area contributed by atoms with Crippen LogP contribution in [0.2, 0.25) is 0 Å². The number of furan rings is 1. The fourth-order valence-corrected chi connectivity index (χ4v) is 1.34. The van der Waals surface area contributed by atoms with Gasteiger partial charge in [0.05, 0.1) is 11.6 Å². The van der Waals surface area contributed by atoms with Gasteiger partial charge in [0.15, 0.2) is 0 Å². The Bertz CT molecular complexity index is 138. The van der Waals surface area contributed by atoms with Gasteiger partial charge in [-0.05, 0) is 12.1 Å². The Morgan fingerprint density at radius 2 is 2.62 bits per heavy atom. The van der Waals surface area contributed by atoms with Gasteiger partial charge in [0.25, 0.3) is 0 Å². The fourth-order valence-electron chi connectivity index (χ4n) is 0.445. The highest BCUT2D eigenvalue weighted by atomic mass is 35.5. The molecule has 0 aliphatic heterocycles. The van der Waals surface area contributed by atoms with Crippen molar-refractivity contribution < 1.29 is 4.42 Å². The van der Waals surface area contributed by atoms with Crippen molar-refractivity contribution in [3.63, 3.8) is 0 Å². The average Bonchev–Trinajstić information content (AvgIpc) is 2.19. The van der Waals surface area contributed by atoms with Crippen LogP contribution in [0.5, 0.6) is 0 Å². The van der Waals surface area contributed by atoms with Gasteiger partial charge < -0.3 is 4.42 Å². The number of alkyl halides is 1. The van der Waals surface area contributed by atoms with Crippen LogP contribution in [0, 0.1) is 0 Å². The van der Waals surface area contributed by atoms with Gasteiger partial charge in [-0.2, -0.15) is 0 Å². The van der Waals surface area contributed by atoms with E-state index in [9.17, 15) is 0 Å². The minimum atomic E-state index is 0.610. The molecule has 0 aromatic carbocycles. The first kappa shape index (κ1) is 5.92. The van der Waals surface area contributed by atoms with E-state index in [2.05, 4.69) is 0 Å². The summed E-state index contributed by atoms with van der Waals surface area (Å²) in [6, 6.07) is 3.80. The predicted molar refractivity (Wildman–Crippen MR) is 34.8 cm³/mol.